The molecule has 0 unspecified atom stereocenters. The maximum absolute atomic E-state index is 2.42. The molecule has 4 rings (SSSR count). The second-order valence-electron chi connectivity index (χ2n) is 7.28. The minimum atomic E-state index is -1.57. The summed E-state index contributed by atoms with van der Waals surface area (Å²) in [7, 11) is -1.57. The third-order valence-corrected chi connectivity index (χ3v) is 9.07. The van der Waals surface area contributed by atoms with Crippen LogP contribution in [-0.4, -0.2) is 0 Å². The molecule has 0 aliphatic carbocycles. The van der Waals surface area contributed by atoms with Crippen LogP contribution in [0.4, 0.5) is 0 Å². The highest BCUT2D eigenvalue weighted by Gasteiger charge is 2.33. The van der Waals surface area contributed by atoms with E-state index in [1.165, 1.54) is 25.1 Å². The van der Waals surface area contributed by atoms with E-state index in [0.29, 0.717) is 5.92 Å². The Morgan fingerprint density at radius 1 is 0.464 bits per heavy atom. The Balaban J connectivity index is 2.12. The predicted molar refractivity (Wildman–Crippen MR) is 121 cm³/mol. The highest BCUT2D eigenvalue weighted by molar-refractivity contribution is 8.34. The van der Waals surface area contributed by atoms with Crippen LogP contribution in [-0.2, 0) is 0 Å². The Bertz CT molecular complexity index is 925. The van der Waals surface area contributed by atoms with Crippen LogP contribution in [0.3, 0.4) is 0 Å². The summed E-state index contributed by atoms with van der Waals surface area (Å²) < 4.78 is 0. The number of benzene rings is 4. The monoisotopic (exact) mass is 382 g/mol. The Morgan fingerprint density at radius 2 is 0.857 bits per heavy atom. The van der Waals surface area contributed by atoms with Crippen LogP contribution in [0.1, 0.15) is 25.3 Å². The van der Waals surface area contributed by atoms with Crippen LogP contribution in [0.15, 0.2) is 135 Å². The van der Waals surface area contributed by atoms with E-state index in [-0.39, 0.29) is 0 Å². The van der Waals surface area contributed by atoms with Crippen LogP contribution < -0.4 is 0 Å². The highest BCUT2D eigenvalue weighted by Crippen LogP contribution is 2.73. The van der Waals surface area contributed by atoms with Gasteiger partial charge in [-0.05, 0) is 60.0 Å². The van der Waals surface area contributed by atoms with Gasteiger partial charge in [-0.1, -0.05) is 80.6 Å². The van der Waals surface area contributed by atoms with Crippen molar-refractivity contribution in [1.29, 1.82) is 0 Å². The van der Waals surface area contributed by atoms with Crippen molar-refractivity contribution in [3.8, 4) is 0 Å². The summed E-state index contributed by atoms with van der Waals surface area (Å²) in [5, 5.41) is 0. The van der Waals surface area contributed by atoms with E-state index >= 15 is 0 Å². The molecule has 0 radical (unpaired) electrons. The molecule has 0 fully saturated rings. The SMILES string of the molecule is CC(C)c1cccc(S(c2ccccc2)(c2ccccc2)c2ccccc2)c1. The van der Waals surface area contributed by atoms with Gasteiger partial charge in [-0.2, -0.15) is 0 Å². The lowest BCUT2D eigenvalue weighted by Crippen LogP contribution is -2.05. The van der Waals surface area contributed by atoms with Crippen LogP contribution in [0.25, 0.3) is 0 Å². The molecule has 0 aliphatic heterocycles. The lowest BCUT2D eigenvalue weighted by atomic mass is 10.0. The Hall–Kier alpha value is -2.77. The first-order chi connectivity index (χ1) is 13.7. The third-order valence-electron chi connectivity index (χ3n) is 5.17. The van der Waals surface area contributed by atoms with E-state index in [9.17, 15) is 0 Å². The van der Waals surface area contributed by atoms with Crippen molar-refractivity contribution in [2.75, 3.05) is 0 Å². The van der Waals surface area contributed by atoms with Gasteiger partial charge < -0.3 is 0 Å². The highest BCUT2D eigenvalue weighted by atomic mass is 32.3. The number of hydrogen-bond donors (Lipinski definition) is 0. The zero-order valence-corrected chi connectivity index (χ0v) is 17.3. The van der Waals surface area contributed by atoms with E-state index in [4.69, 9.17) is 0 Å². The fourth-order valence-corrected chi connectivity index (χ4v) is 7.68. The zero-order chi connectivity index (χ0) is 19.4. The maximum atomic E-state index is 2.42. The van der Waals surface area contributed by atoms with Crippen molar-refractivity contribution in [2.45, 2.75) is 39.3 Å². The molecule has 0 aliphatic rings. The molecule has 0 amide bonds. The summed E-state index contributed by atoms with van der Waals surface area (Å²) in [5.41, 5.74) is 1.39. The summed E-state index contributed by atoms with van der Waals surface area (Å²) in [6.07, 6.45) is 0. The van der Waals surface area contributed by atoms with E-state index in [0.717, 1.165) is 0 Å². The normalized spacial score (nSPS) is 12.1. The Labute approximate surface area is 170 Å². The topological polar surface area (TPSA) is 0 Å². The van der Waals surface area contributed by atoms with Crippen LogP contribution >= 0.6 is 10.0 Å². The van der Waals surface area contributed by atoms with E-state index in [2.05, 4.69) is 129 Å². The minimum absolute atomic E-state index is 0.499. The predicted octanol–water partition coefficient (Wildman–Crippen LogP) is 8.15. The van der Waals surface area contributed by atoms with Gasteiger partial charge in [-0.3, -0.25) is 0 Å². The lowest BCUT2D eigenvalue weighted by Gasteiger charge is -2.42. The summed E-state index contributed by atoms with van der Waals surface area (Å²) in [5.74, 6) is 0.499. The molecule has 0 saturated heterocycles. The van der Waals surface area contributed by atoms with Crippen molar-refractivity contribution in [2.24, 2.45) is 0 Å². The summed E-state index contributed by atoms with van der Waals surface area (Å²) in [6.45, 7) is 4.54. The van der Waals surface area contributed by atoms with Crippen LogP contribution in [0.5, 0.6) is 0 Å². The second-order valence-corrected chi connectivity index (χ2v) is 10.4. The molecule has 140 valence electrons. The molecule has 4 aromatic carbocycles. The molecule has 0 N–H and O–H groups in total. The zero-order valence-electron chi connectivity index (χ0n) is 16.5. The molecule has 0 bridgehead atoms. The standard InChI is InChI=1S/C27H26S/c1-22(2)23-13-12-20-27(21-23)28(24-14-6-3-7-15-24,25-16-8-4-9-17-25)26-18-10-5-11-19-26/h3-22H,1-2H3. The van der Waals surface area contributed by atoms with Crippen molar-refractivity contribution < 1.29 is 0 Å². The van der Waals surface area contributed by atoms with Gasteiger partial charge in [-0.25, -0.2) is 0 Å². The first kappa shape index (κ1) is 18.6. The first-order valence-electron chi connectivity index (χ1n) is 9.81. The van der Waals surface area contributed by atoms with Gasteiger partial charge in [0, 0.05) is 19.6 Å². The Morgan fingerprint density at radius 3 is 1.25 bits per heavy atom. The summed E-state index contributed by atoms with van der Waals surface area (Å²) >= 11 is 0. The molecular weight excluding hydrogens is 356 g/mol. The molecule has 0 heterocycles. The van der Waals surface area contributed by atoms with Crippen molar-refractivity contribution in [1.82, 2.24) is 0 Å². The van der Waals surface area contributed by atoms with Gasteiger partial charge in [0.25, 0.3) is 0 Å². The van der Waals surface area contributed by atoms with Gasteiger partial charge in [0.1, 0.15) is 0 Å². The van der Waals surface area contributed by atoms with Crippen molar-refractivity contribution >= 4 is 10.0 Å². The van der Waals surface area contributed by atoms with E-state index < -0.39 is 10.0 Å². The Kier molecular flexibility index (Phi) is 5.36. The largest absolute Gasteiger partial charge is 0.133 e. The quantitative estimate of drug-likeness (QED) is 0.327. The average Bonchev–Trinajstić information content (AvgIpc) is 2.77. The summed E-state index contributed by atoms with van der Waals surface area (Å²) in [4.78, 5) is 5.50. The van der Waals surface area contributed by atoms with Crippen LogP contribution in [0, 0.1) is 0 Å². The smallest absolute Gasteiger partial charge is 0.00258 e. The maximum Gasteiger partial charge on any atom is 0.00258 e. The van der Waals surface area contributed by atoms with E-state index in [1.54, 1.807) is 0 Å². The fraction of sp³-hybridized carbons (Fsp3) is 0.111. The van der Waals surface area contributed by atoms with Crippen molar-refractivity contribution in [3.63, 3.8) is 0 Å². The van der Waals surface area contributed by atoms with Gasteiger partial charge in [-0.15, -0.1) is 10.0 Å². The molecule has 0 nitrogen and oxygen atoms in total. The number of hydrogen-bond acceptors (Lipinski definition) is 0. The van der Waals surface area contributed by atoms with Gasteiger partial charge in [0.2, 0.25) is 0 Å². The third kappa shape index (κ3) is 3.27. The molecule has 1 heteroatoms. The molecule has 0 aromatic heterocycles. The average molecular weight is 383 g/mol. The molecule has 0 saturated carbocycles. The summed E-state index contributed by atoms with van der Waals surface area (Å²) in [6, 6.07) is 42.2. The van der Waals surface area contributed by atoms with Gasteiger partial charge in [0.05, 0.1) is 0 Å². The molecule has 0 atom stereocenters. The lowest BCUT2D eigenvalue weighted by molar-refractivity contribution is 0.861. The van der Waals surface area contributed by atoms with Gasteiger partial charge >= 0.3 is 0 Å². The van der Waals surface area contributed by atoms with Gasteiger partial charge in [0.15, 0.2) is 0 Å². The molecule has 4 aromatic rings. The number of rotatable bonds is 5. The first-order valence-corrected chi connectivity index (χ1v) is 11.4. The molecule has 0 spiro atoms. The van der Waals surface area contributed by atoms with Crippen LogP contribution in [0.2, 0.25) is 0 Å². The molecular formula is C27H26S. The van der Waals surface area contributed by atoms with E-state index in [1.807, 2.05) is 0 Å². The fourth-order valence-electron chi connectivity index (χ4n) is 3.75. The minimum Gasteiger partial charge on any atom is -0.133 e. The molecule has 28 heavy (non-hydrogen) atoms. The second kappa shape index (κ2) is 8.08. The van der Waals surface area contributed by atoms with Crippen molar-refractivity contribution in [3.05, 3.63) is 121 Å².